The van der Waals surface area contributed by atoms with Crippen LogP contribution in [0.15, 0.2) is 72.8 Å². The van der Waals surface area contributed by atoms with Gasteiger partial charge in [-0.05, 0) is 42.0 Å². The zero-order chi connectivity index (χ0) is 21.5. The summed E-state index contributed by atoms with van der Waals surface area (Å²) in [5.41, 5.74) is 4.15. The molecule has 0 spiro atoms. The van der Waals surface area contributed by atoms with E-state index in [0.29, 0.717) is 23.4 Å². The van der Waals surface area contributed by atoms with E-state index >= 15 is 0 Å². The lowest BCUT2D eigenvalue weighted by molar-refractivity contribution is 0.0784. The first-order valence-electron chi connectivity index (χ1n) is 9.70. The molecule has 3 aromatic rings. The number of amides is 1. The van der Waals surface area contributed by atoms with Crippen molar-refractivity contribution in [3.05, 3.63) is 95.1 Å². The van der Waals surface area contributed by atoms with Gasteiger partial charge in [0.15, 0.2) is 0 Å². The molecule has 3 aromatic carbocycles. The molecule has 5 heteroatoms. The number of nitriles is 1. The van der Waals surface area contributed by atoms with Crippen molar-refractivity contribution in [2.75, 3.05) is 26.0 Å². The predicted molar refractivity (Wildman–Crippen MR) is 118 cm³/mol. The topological polar surface area (TPSA) is 56.6 Å². The van der Waals surface area contributed by atoms with Crippen LogP contribution in [0, 0.1) is 11.3 Å². The molecule has 0 aliphatic heterocycles. The fraction of sp³-hybridized carbons (Fsp3) is 0.200. The van der Waals surface area contributed by atoms with E-state index in [1.807, 2.05) is 67.5 Å². The van der Waals surface area contributed by atoms with Gasteiger partial charge in [0, 0.05) is 44.5 Å². The first kappa shape index (κ1) is 20.9. The lowest BCUT2D eigenvalue weighted by atomic mass is 10.1. The molecular weight excluding hydrogens is 374 g/mol. The molecule has 0 radical (unpaired) electrons. The molecule has 0 unspecified atom stereocenters. The average Bonchev–Trinajstić information content (AvgIpc) is 2.77. The molecule has 3 rings (SSSR count). The molecule has 0 atom stereocenters. The predicted octanol–water partition coefficient (Wildman–Crippen LogP) is 4.48. The van der Waals surface area contributed by atoms with Crippen molar-refractivity contribution in [2.45, 2.75) is 13.2 Å². The molecule has 1 amide bonds. The number of anilines is 1. The van der Waals surface area contributed by atoms with Crippen molar-refractivity contribution >= 4 is 11.6 Å². The summed E-state index contributed by atoms with van der Waals surface area (Å²) < 4.78 is 5.83. The maximum Gasteiger partial charge on any atom is 0.254 e. The minimum Gasteiger partial charge on any atom is -0.489 e. The first-order chi connectivity index (χ1) is 14.5. The van der Waals surface area contributed by atoms with Crippen LogP contribution in [0.4, 0.5) is 5.69 Å². The second kappa shape index (κ2) is 9.62. The van der Waals surface area contributed by atoms with Crippen LogP contribution in [0.3, 0.4) is 0 Å². The van der Waals surface area contributed by atoms with Crippen molar-refractivity contribution in [1.82, 2.24) is 4.90 Å². The summed E-state index contributed by atoms with van der Waals surface area (Å²) in [4.78, 5) is 16.6. The molecule has 5 nitrogen and oxygen atoms in total. The summed E-state index contributed by atoms with van der Waals surface area (Å²) in [7, 11) is 5.79. The summed E-state index contributed by atoms with van der Waals surface area (Å²) in [6.07, 6.45) is 0. The second-order valence-corrected chi connectivity index (χ2v) is 7.31. The smallest absolute Gasteiger partial charge is 0.254 e. The summed E-state index contributed by atoms with van der Waals surface area (Å²) in [5.74, 6) is 0.520. The Morgan fingerprint density at radius 2 is 1.70 bits per heavy atom. The third-order valence-corrected chi connectivity index (χ3v) is 4.83. The van der Waals surface area contributed by atoms with Crippen molar-refractivity contribution < 1.29 is 9.53 Å². The molecular formula is C25H25N3O2. The van der Waals surface area contributed by atoms with Crippen LogP contribution in [0.5, 0.6) is 5.75 Å². The highest BCUT2D eigenvalue weighted by molar-refractivity contribution is 5.94. The summed E-state index contributed by atoms with van der Waals surface area (Å²) in [6, 6.07) is 24.8. The Hall–Kier alpha value is -3.78. The van der Waals surface area contributed by atoms with Gasteiger partial charge in [0.05, 0.1) is 11.6 Å². The lowest BCUT2D eigenvalue weighted by Gasteiger charge is -2.19. The zero-order valence-corrected chi connectivity index (χ0v) is 17.5. The zero-order valence-electron chi connectivity index (χ0n) is 17.5. The maximum absolute atomic E-state index is 12.9. The number of hydrogen-bond acceptors (Lipinski definition) is 4. The Morgan fingerprint density at radius 1 is 0.967 bits per heavy atom. The molecule has 0 saturated carbocycles. The SMILES string of the molecule is CN(Cc1ccc(N(C)C)cc1)C(=O)c1cccc(OCc2ccccc2C#N)c1. The number of nitrogens with zero attached hydrogens (tertiary/aromatic N) is 3. The molecule has 0 heterocycles. The Labute approximate surface area is 177 Å². The summed E-state index contributed by atoms with van der Waals surface area (Å²) >= 11 is 0. The van der Waals surface area contributed by atoms with Crippen LogP contribution in [0.25, 0.3) is 0 Å². The fourth-order valence-corrected chi connectivity index (χ4v) is 3.10. The van der Waals surface area contributed by atoms with Crippen LogP contribution >= 0.6 is 0 Å². The van der Waals surface area contributed by atoms with Crippen molar-refractivity contribution in [1.29, 1.82) is 5.26 Å². The van der Waals surface area contributed by atoms with E-state index in [9.17, 15) is 10.1 Å². The van der Waals surface area contributed by atoms with Gasteiger partial charge in [-0.2, -0.15) is 5.26 Å². The van der Waals surface area contributed by atoms with Gasteiger partial charge in [-0.3, -0.25) is 4.79 Å². The van der Waals surface area contributed by atoms with E-state index in [4.69, 9.17) is 4.74 Å². The minimum atomic E-state index is -0.0745. The molecule has 30 heavy (non-hydrogen) atoms. The minimum absolute atomic E-state index is 0.0745. The molecule has 0 aromatic heterocycles. The summed E-state index contributed by atoms with van der Waals surface area (Å²) in [6.45, 7) is 0.794. The monoisotopic (exact) mass is 399 g/mol. The Morgan fingerprint density at radius 3 is 2.40 bits per heavy atom. The highest BCUT2D eigenvalue weighted by Gasteiger charge is 2.13. The molecule has 0 bridgehead atoms. The molecule has 0 N–H and O–H groups in total. The molecule has 0 fully saturated rings. The third-order valence-electron chi connectivity index (χ3n) is 4.83. The number of ether oxygens (including phenoxy) is 1. The highest BCUT2D eigenvalue weighted by Crippen LogP contribution is 2.19. The van der Waals surface area contributed by atoms with Crippen LogP contribution < -0.4 is 9.64 Å². The van der Waals surface area contributed by atoms with Crippen LogP contribution in [0.2, 0.25) is 0 Å². The van der Waals surface area contributed by atoms with Gasteiger partial charge in [0.1, 0.15) is 12.4 Å². The fourth-order valence-electron chi connectivity index (χ4n) is 3.10. The van der Waals surface area contributed by atoms with Crippen LogP contribution in [-0.2, 0) is 13.2 Å². The number of carbonyl (C=O) groups is 1. The van der Waals surface area contributed by atoms with Gasteiger partial charge in [-0.15, -0.1) is 0 Å². The van der Waals surface area contributed by atoms with Crippen LogP contribution in [-0.4, -0.2) is 32.0 Å². The second-order valence-electron chi connectivity index (χ2n) is 7.31. The molecule has 0 aliphatic rings. The van der Waals surface area contributed by atoms with Gasteiger partial charge >= 0.3 is 0 Å². The van der Waals surface area contributed by atoms with Gasteiger partial charge < -0.3 is 14.5 Å². The number of carbonyl (C=O) groups excluding carboxylic acids is 1. The van der Waals surface area contributed by atoms with E-state index in [2.05, 4.69) is 6.07 Å². The normalized spacial score (nSPS) is 10.2. The Kier molecular flexibility index (Phi) is 6.71. The van der Waals surface area contributed by atoms with Gasteiger partial charge in [0.25, 0.3) is 5.91 Å². The number of rotatable bonds is 7. The standard InChI is InChI=1S/C25H25N3O2/c1-27(2)23-13-11-19(12-14-23)17-28(3)25(29)20-9-6-10-24(15-20)30-18-22-8-5-4-7-21(22)16-26/h4-15H,17-18H2,1-3H3. The van der Waals surface area contributed by atoms with Crippen molar-refractivity contribution in [2.24, 2.45) is 0 Å². The van der Waals surface area contributed by atoms with E-state index < -0.39 is 0 Å². The third kappa shape index (κ3) is 5.18. The van der Waals surface area contributed by atoms with Gasteiger partial charge in [0.2, 0.25) is 0 Å². The van der Waals surface area contributed by atoms with E-state index in [1.165, 1.54) is 0 Å². The van der Waals surface area contributed by atoms with E-state index in [-0.39, 0.29) is 12.5 Å². The van der Waals surface area contributed by atoms with Crippen LogP contribution in [0.1, 0.15) is 27.0 Å². The quantitative estimate of drug-likeness (QED) is 0.588. The number of hydrogen-bond donors (Lipinski definition) is 0. The number of benzene rings is 3. The average molecular weight is 399 g/mol. The van der Waals surface area contributed by atoms with Gasteiger partial charge in [-0.1, -0.05) is 36.4 Å². The van der Waals surface area contributed by atoms with E-state index in [1.54, 1.807) is 36.2 Å². The lowest BCUT2D eigenvalue weighted by Crippen LogP contribution is -2.26. The molecule has 0 aliphatic carbocycles. The Balaban J connectivity index is 1.65. The van der Waals surface area contributed by atoms with Crippen molar-refractivity contribution in [3.8, 4) is 11.8 Å². The van der Waals surface area contributed by atoms with E-state index in [0.717, 1.165) is 16.8 Å². The highest BCUT2D eigenvalue weighted by atomic mass is 16.5. The van der Waals surface area contributed by atoms with Crippen molar-refractivity contribution in [3.63, 3.8) is 0 Å². The Bertz CT molecular complexity index is 1050. The van der Waals surface area contributed by atoms with Gasteiger partial charge in [-0.25, -0.2) is 0 Å². The molecule has 0 saturated heterocycles. The first-order valence-corrected chi connectivity index (χ1v) is 9.70. The summed E-state index contributed by atoms with van der Waals surface area (Å²) in [5, 5.41) is 9.20. The maximum atomic E-state index is 12.9. The largest absolute Gasteiger partial charge is 0.489 e. The molecule has 152 valence electrons.